The molecule has 5 nitrogen and oxygen atoms in total. The maximum absolute atomic E-state index is 12.7. The van der Waals surface area contributed by atoms with Crippen molar-refractivity contribution in [3.05, 3.63) is 29.3 Å². The number of hydrogen-bond acceptors (Lipinski definition) is 4. The Kier molecular flexibility index (Phi) is 6.38. The Bertz CT molecular complexity index is 668. The minimum Gasteiger partial charge on any atom is -0.328 e. The van der Waals surface area contributed by atoms with Crippen LogP contribution in [0.15, 0.2) is 23.1 Å². The van der Waals surface area contributed by atoms with Crippen molar-refractivity contribution in [2.24, 2.45) is 11.7 Å². The largest absolute Gasteiger partial charge is 0.328 e. The molecule has 1 aromatic rings. The van der Waals surface area contributed by atoms with Crippen molar-refractivity contribution < 1.29 is 8.42 Å². The van der Waals surface area contributed by atoms with Crippen LogP contribution in [0.5, 0.6) is 0 Å². The van der Waals surface area contributed by atoms with Gasteiger partial charge in [-0.3, -0.25) is 0 Å². The molecule has 0 radical (unpaired) electrons. The zero-order valence-electron chi connectivity index (χ0n) is 12.8. The quantitative estimate of drug-likeness (QED) is 0.909. The Morgan fingerprint density at radius 3 is 2.68 bits per heavy atom. The van der Waals surface area contributed by atoms with Crippen molar-refractivity contribution in [2.75, 3.05) is 13.1 Å². The molecule has 1 fully saturated rings. The Hall–Kier alpha value is -1.13. The average Bonchev–Trinajstić information content (AvgIpc) is 2.47. The number of nitriles is 1. The monoisotopic (exact) mass is 343 g/mol. The summed E-state index contributed by atoms with van der Waals surface area (Å²) in [5.74, 6) is 0.202. The highest BCUT2D eigenvalue weighted by Crippen LogP contribution is 2.26. The molecule has 22 heavy (non-hydrogen) atoms. The van der Waals surface area contributed by atoms with E-state index in [4.69, 9.17) is 11.0 Å². The van der Waals surface area contributed by atoms with Gasteiger partial charge in [0.2, 0.25) is 10.0 Å². The first-order valence-corrected chi connectivity index (χ1v) is 8.56. The molecule has 2 atom stereocenters. The topological polar surface area (TPSA) is 87.2 Å². The van der Waals surface area contributed by atoms with E-state index < -0.39 is 10.0 Å². The molecule has 7 heteroatoms. The predicted octanol–water partition coefficient (Wildman–Crippen LogP) is 2.04. The minimum atomic E-state index is -3.51. The molecule has 1 aliphatic heterocycles. The van der Waals surface area contributed by atoms with Gasteiger partial charge in [0.05, 0.1) is 16.5 Å². The molecule has 0 aliphatic carbocycles. The van der Waals surface area contributed by atoms with Crippen LogP contribution in [-0.4, -0.2) is 31.9 Å². The molecule has 0 bridgehead atoms. The third-order valence-corrected chi connectivity index (χ3v) is 5.98. The maximum Gasteiger partial charge on any atom is 0.243 e. The summed E-state index contributed by atoms with van der Waals surface area (Å²) in [6.07, 6.45) is 1.80. The van der Waals surface area contributed by atoms with Crippen molar-refractivity contribution in [3.8, 4) is 6.07 Å². The number of benzene rings is 1. The van der Waals surface area contributed by atoms with Crippen LogP contribution in [0.3, 0.4) is 0 Å². The van der Waals surface area contributed by atoms with Crippen molar-refractivity contribution in [1.29, 1.82) is 5.26 Å². The van der Waals surface area contributed by atoms with Crippen LogP contribution < -0.4 is 5.73 Å². The summed E-state index contributed by atoms with van der Waals surface area (Å²) < 4.78 is 26.9. The van der Waals surface area contributed by atoms with Gasteiger partial charge in [-0.05, 0) is 56.4 Å². The van der Waals surface area contributed by atoms with Gasteiger partial charge in [-0.25, -0.2) is 8.42 Å². The fourth-order valence-corrected chi connectivity index (χ4v) is 4.31. The Morgan fingerprint density at radius 2 is 2.14 bits per heavy atom. The van der Waals surface area contributed by atoms with Crippen LogP contribution in [-0.2, 0) is 10.0 Å². The predicted molar refractivity (Wildman–Crippen MR) is 88.3 cm³/mol. The number of nitrogens with two attached hydrogens (primary N) is 1. The number of piperidine rings is 1. The lowest BCUT2D eigenvalue weighted by Gasteiger charge is -2.33. The molecular formula is C15H22ClN3O2S. The highest BCUT2D eigenvalue weighted by Gasteiger charge is 2.31. The lowest BCUT2D eigenvalue weighted by atomic mass is 9.93. The summed E-state index contributed by atoms with van der Waals surface area (Å²) >= 11 is 0. The smallest absolute Gasteiger partial charge is 0.243 e. The van der Waals surface area contributed by atoms with E-state index in [0.29, 0.717) is 24.2 Å². The molecule has 1 heterocycles. The summed E-state index contributed by atoms with van der Waals surface area (Å²) in [6.45, 7) is 4.68. The molecule has 0 aromatic heterocycles. The number of sulfonamides is 1. The van der Waals surface area contributed by atoms with Gasteiger partial charge >= 0.3 is 0 Å². The van der Waals surface area contributed by atoms with Crippen molar-refractivity contribution in [2.45, 2.75) is 37.6 Å². The Balaban J connectivity index is 0.00000242. The normalized spacial score (nSPS) is 20.7. The molecule has 0 amide bonds. The van der Waals surface area contributed by atoms with Crippen LogP contribution in [0.1, 0.15) is 30.9 Å². The fourth-order valence-electron chi connectivity index (χ4n) is 2.69. The number of rotatable bonds is 3. The first-order chi connectivity index (χ1) is 9.86. The molecule has 1 aromatic carbocycles. The van der Waals surface area contributed by atoms with E-state index >= 15 is 0 Å². The van der Waals surface area contributed by atoms with Gasteiger partial charge in [0, 0.05) is 19.1 Å². The summed E-state index contributed by atoms with van der Waals surface area (Å²) in [4.78, 5) is 0.254. The lowest BCUT2D eigenvalue weighted by Crippen LogP contribution is -2.44. The fraction of sp³-hybridized carbons (Fsp3) is 0.533. The molecule has 0 saturated carbocycles. The molecule has 1 aliphatic rings. The second-order valence-electron chi connectivity index (χ2n) is 5.71. The SMILES string of the molecule is Cc1cc(S(=O)(=O)N2CCCC(C(C)N)C2)ccc1C#N.Cl. The highest BCUT2D eigenvalue weighted by molar-refractivity contribution is 7.89. The van der Waals surface area contributed by atoms with E-state index in [1.54, 1.807) is 19.1 Å². The average molecular weight is 344 g/mol. The highest BCUT2D eigenvalue weighted by atomic mass is 35.5. The molecule has 2 rings (SSSR count). The molecule has 2 unspecified atom stereocenters. The number of hydrogen-bond donors (Lipinski definition) is 1. The van der Waals surface area contributed by atoms with Crippen LogP contribution >= 0.6 is 12.4 Å². The standard InChI is InChI=1S/C15H21N3O2S.ClH/c1-11-8-15(6-5-13(11)9-16)21(19,20)18-7-3-4-14(10-18)12(2)17;/h5-6,8,12,14H,3-4,7,10,17H2,1-2H3;1H. The number of aryl methyl sites for hydroxylation is 1. The molecule has 0 spiro atoms. The van der Waals surface area contributed by atoms with E-state index in [2.05, 4.69) is 6.07 Å². The summed E-state index contributed by atoms with van der Waals surface area (Å²) in [6, 6.07) is 6.69. The van der Waals surface area contributed by atoms with Gasteiger partial charge in [-0.15, -0.1) is 12.4 Å². The van der Waals surface area contributed by atoms with Gasteiger partial charge in [0.1, 0.15) is 0 Å². The third-order valence-electron chi connectivity index (χ3n) is 4.12. The zero-order chi connectivity index (χ0) is 15.6. The van der Waals surface area contributed by atoms with Gasteiger partial charge < -0.3 is 5.73 Å². The lowest BCUT2D eigenvalue weighted by molar-refractivity contribution is 0.243. The first kappa shape index (κ1) is 18.9. The van der Waals surface area contributed by atoms with Gasteiger partial charge in [-0.2, -0.15) is 9.57 Å². The number of nitrogens with zero attached hydrogens (tertiary/aromatic N) is 2. The summed E-state index contributed by atoms with van der Waals surface area (Å²) in [5.41, 5.74) is 7.10. The minimum absolute atomic E-state index is 0. The summed E-state index contributed by atoms with van der Waals surface area (Å²) in [7, 11) is -3.51. The van der Waals surface area contributed by atoms with Crippen LogP contribution in [0.25, 0.3) is 0 Å². The molecule has 1 saturated heterocycles. The van der Waals surface area contributed by atoms with E-state index in [0.717, 1.165) is 12.8 Å². The van der Waals surface area contributed by atoms with E-state index in [9.17, 15) is 8.42 Å². The van der Waals surface area contributed by atoms with E-state index in [1.807, 2.05) is 6.92 Å². The van der Waals surface area contributed by atoms with E-state index in [-0.39, 0.29) is 29.3 Å². The zero-order valence-corrected chi connectivity index (χ0v) is 14.5. The second-order valence-corrected chi connectivity index (χ2v) is 7.65. The number of halogens is 1. The Labute approximate surface area is 138 Å². The third kappa shape index (κ3) is 3.79. The Morgan fingerprint density at radius 1 is 1.45 bits per heavy atom. The summed E-state index contributed by atoms with van der Waals surface area (Å²) in [5, 5.41) is 8.93. The molecule has 122 valence electrons. The van der Waals surface area contributed by atoms with Crippen LogP contribution in [0.4, 0.5) is 0 Å². The van der Waals surface area contributed by atoms with Crippen molar-refractivity contribution in [1.82, 2.24) is 4.31 Å². The molecule has 2 N–H and O–H groups in total. The van der Waals surface area contributed by atoms with Crippen LogP contribution in [0.2, 0.25) is 0 Å². The van der Waals surface area contributed by atoms with Crippen molar-refractivity contribution in [3.63, 3.8) is 0 Å². The van der Waals surface area contributed by atoms with Gasteiger partial charge in [0.25, 0.3) is 0 Å². The maximum atomic E-state index is 12.7. The second kappa shape index (κ2) is 7.42. The first-order valence-electron chi connectivity index (χ1n) is 7.12. The van der Waals surface area contributed by atoms with Crippen LogP contribution in [0, 0.1) is 24.2 Å². The van der Waals surface area contributed by atoms with Gasteiger partial charge in [-0.1, -0.05) is 0 Å². The van der Waals surface area contributed by atoms with E-state index in [1.165, 1.54) is 10.4 Å². The van der Waals surface area contributed by atoms with Gasteiger partial charge in [0.15, 0.2) is 0 Å². The van der Waals surface area contributed by atoms with Crippen molar-refractivity contribution >= 4 is 22.4 Å². The molecular weight excluding hydrogens is 322 g/mol.